The van der Waals surface area contributed by atoms with Crippen molar-refractivity contribution in [1.82, 2.24) is 14.3 Å². The third-order valence-corrected chi connectivity index (χ3v) is 4.51. The molecule has 1 aromatic heterocycles. The van der Waals surface area contributed by atoms with Crippen molar-refractivity contribution >= 4 is 21.6 Å². The van der Waals surface area contributed by atoms with Gasteiger partial charge in [0, 0.05) is 12.1 Å². The normalized spacial score (nSPS) is 12.7. The van der Waals surface area contributed by atoms with Gasteiger partial charge in [-0.2, -0.15) is 4.31 Å². The van der Waals surface area contributed by atoms with Gasteiger partial charge in [-0.15, -0.1) is 6.58 Å². The molecule has 0 saturated carbocycles. The second kappa shape index (κ2) is 5.34. The highest BCUT2D eigenvalue weighted by atomic mass is 35.5. The standard InChI is InChI=1S/C11H16ClN3O2S/c1-5-6-15(11(2,3)4)18(16,17)9-7-13-10(12)14-8-9/h5,7-8H,1,6H2,2-4H3. The van der Waals surface area contributed by atoms with Gasteiger partial charge in [-0.3, -0.25) is 0 Å². The van der Waals surface area contributed by atoms with Crippen molar-refractivity contribution < 1.29 is 8.42 Å². The first-order valence-electron chi connectivity index (χ1n) is 5.31. The van der Waals surface area contributed by atoms with Gasteiger partial charge in [0.1, 0.15) is 4.90 Å². The quantitative estimate of drug-likeness (QED) is 0.629. The molecule has 1 rings (SSSR count). The first kappa shape index (κ1) is 15.1. The molecule has 0 unspecified atom stereocenters. The largest absolute Gasteiger partial charge is 0.246 e. The van der Waals surface area contributed by atoms with E-state index in [0.29, 0.717) is 0 Å². The second-order valence-electron chi connectivity index (χ2n) is 4.68. The van der Waals surface area contributed by atoms with Crippen LogP contribution in [0.3, 0.4) is 0 Å². The summed E-state index contributed by atoms with van der Waals surface area (Å²) in [5, 5.41) is 0.0139. The van der Waals surface area contributed by atoms with Gasteiger partial charge < -0.3 is 0 Å². The lowest BCUT2D eigenvalue weighted by molar-refractivity contribution is 0.269. The van der Waals surface area contributed by atoms with Crippen LogP contribution in [0.5, 0.6) is 0 Å². The molecule has 0 amide bonds. The second-order valence-corrected chi connectivity index (χ2v) is 6.88. The highest BCUT2D eigenvalue weighted by molar-refractivity contribution is 7.89. The zero-order chi connectivity index (χ0) is 14.0. The lowest BCUT2D eigenvalue weighted by atomic mass is 10.1. The highest BCUT2D eigenvalue weighted by Crippen LogP contribution is 2.23. The Kier molecular flexibility index (Phi) is 4.47. The number of hydrogen-bond acceptors (Lipinski definition) is 4. The molecule has 0 spiro atoms. The maximum Gasteiger partial charge on any atom is 0.246 e. The van der Waals surface area contributed by atoms with Gasteiger partial charge in [-0.1, -0.05) is 6.08 Å². The van der Waals surface area contributed by atoms with Crippen molar-refractivity contribution in [3.63, 3.8) is 0 Å². The minimum atomic E-state index is -3.66. The summed E-state index contributed by atoms with van der Waals surface area (Å²) in [5.74, 6) is 0. The van der Waals surface area contributed by atoms with Crippen LogP contribution in [-0.2, 0) is 10.0 Å². The minimum Gasteiger partial charge on any atom is -0.225 e. The van der Waals surface area contributed by atoms with E-state index in [9.17, 15) is 8.42 Å². The molecule has 0 aromatic carbocycles. The summed E-state index contributed by atoms with van der Waals surface area (Å²) in [6, 6.07) is 0. The predicted molar refractivity (Wildman–Crippen MR) is 70.9 cm³/mol. The SMILES string of the molecule is C=CCN(C(C)(C)C)S(=O)(=O)c1cnc(Cl)nc1. The number of aromatic nitrogens is 2. The molecule has 0 radical (unpaired) electrons. The number of hydrogen-bond donors (Lipinski definition) is 0. The third-order valence-electron chi connectivity index (χ3n) is 2.23. The molecule has 0 N–H and O–H groups in total. The van der Waals surface area contributed by atoms with Gasteiger partial charge >= 0.3 is 0 Å². The molecule has 0 aliphatic heterocycles. The van der Waals surface area contributed by atoms with E-state index in [1.54, 1.807) is 6.08 Å². The Morgan fingerprint density at radius 2 is 1.89 bits per heavy atom. The summed E-state index contributed by atoms with van der Waals surface area (Å²) in [7, 11) is -3.66. The topological polar surface area (TPSA) is 63.2 Å². The molecule has 0 aliphatic rings. The van der Waals surface area contributed by atoms with Crippen LogP contribution in [-0.4, -0.2) is 34.8 Å². The molecule has 1 heterocycles. The van der Waals surface area contributed by atoms with E-state index < -0.39 is 15.6 Å². The molecule has 0 fully saturated rings. The van der Waals surface area contributed by atoms with Crippen molar-refractivity contribution in [3.05, 3.63) is 30.3 Å². The first-order valence-corrected chi connectivity index (χ1v) is 7.12. The van der Waals surface area contributed by atoms with E-state index in [1.807, 2.05) is 20.8 Å². The fourth-order valence-electron chi connectivity index (χ4n) is 1.41. The summed E-state index contributed by atoms with van der Waals surface area (Å²) in [4.78, 5) is 7.40. The Bertz CT molecular complexity index is 520. The van der Waals surface area contributed by atoms with E-state index in [0.717, 1.165) is 0 Å². The van der Waals surface area contributed by atoms with Crippen LogP contribution in [0.25, 0.3) is 0 Å². The lowest BCUT2D eigenvalue weighted by Crippen LogP contribution is -2.45. The molecular formula is C11H16ClN3O2S. The average Bonchev–Trinajstić information content (AvgIpc) is 2.24. The predicted octanol–water partition coefficient (Wildman–Crippen LogP) is 2.11. The van der Waals surface area contributed by atoms with Crippen molar-refractivity contribution in [1.29, 1.82) is 0 Å². The van der Waals surface area contributed by atoms with Crippen LogP contribution < -0.4 is 0 Å². The fraction of sp³-hybridized carbons (Fsp3) is 0.455. The van der Waals surface area contributed by atoms with Crippen LogP contribution in [0.2, 0.25) is 5.28 Å². The van der Waals surface area contributed by atoms with Crippen molar-refractivity contribution in [2.24, 2.45) is 0 Å². The summed E-state index contributed by atoms with van der Waals surface area (Å²) < 4.78 is 26.2. The molecule has 5 nitrogen and oxygen atoms in total. The molecule has 100 valence electrons. The smallest absolute Gasteiger partial charge is 0.225 e. The van der Waals surface area contributed by atoms with E-state index >= 15 is 0 Å². The fourth-order valence-corrected chi connectivity index (χ4v) is 3.16. The Hall–Kier alpha value is -0.980. The third kappa shape index (κ3) is 3.28. The molecule has 0 aliphatic carbocycles. The molecular weight excluding hydrogens is 274 g/mol. The van der Waals surface area contributed by atoms with Crippen LogP contribution >= 0.6 is 11.6 Å². The number of halogens is 1. The summed E-state index contributed by atoms with van der Waals surface area (Å²) in [6.45, 7) is 9.22. The number of nitrogens with zero attached hydrogens (tertiary/aromatic N) is 3. The lowest BCUT2D eigenvalue weighted by Gasteiger charge is -2.33. The van der Waals surface area contributed by atoms with Crippen molar-refractivity contribution in [3.8, 4) is 0 Å². The van der Waals surface area contributed by atoms with Gasteiger partial charge in [0.25, 0.3) is 0 Å². The van der Waals surface area contributed by atoms with Crippen LogP contribution in [0, 0.1) is 0 Å². The Labute approximate surface area is 113 Å². The van der Waals surface area contributed by atoms with E-state index in [4.69, 9.17) is 11.6 Å². The Morgan fingerprint density at radius 3 is 2.28 bits per heavy atom. The maximum absolute atomic E-state index is 12.4. The van der Waals surface area contributed by atoms with Crippen molar-refractivity contribution in [2.45, 2.75) is 31.2 Å². The van der Waals surface area contributed by atoms with E-state index in [2.05, 4.69) is 16.5 Å². The molecule has 0 atom stereocenters. The summed E-state index contributed by atoms with van der Waals surface area (Å²) >= 11 is 5.55. The van der Waals surface area contributed by atoms with Crippen LogP contribution in [0.15, 0.2) is 29.9 Å². The van der Waals surface area contributed by atoms with Gasteiger partial charge in [0.2, 0.25) is 15.3 Å². The molecule has 0 saturated heterocycles. The van der Waals surface area contributed by atoms with Gasteiger partial charge in [0.15, 0.2) is 0 Å². The molecule has 0 bridgehead atoms. The van der Waals surface area contributed by atoms with Gasteiger partial charge in [0.05, 0.1) is 12.4 Å². The summed E-state index contributed by atoms with van der Waals surface area (Å²) in [5.41, 5.74) is -0.563. The molecule has 7 heteroatoms. The first-order chi connectivity index (χ1) is 8.19. The molecule has 1 aromatic rings. The van der Waals surface area contributed by atoms with Crippen molar-refractivity contribution in [2.75, 3.05) is 6.54 Å². The number of sulfonamides is 1. The molecule has 18 heavy (non-hydrogen) atoms. The zero-order valence-electron chi connectivity index (χ0n) is 10.6. The van der Waals surface area contributed by atoms with Crippen LogP contribution in [0.1, 0.15) is 20.8 Å². The van der Waals surface area contributed by atoms with Gasteiger partial charge in [-0.25, -0.2) is 18.4 Å². The maximum atomic E-state index is 12.4. The minimum absolute atomic E-state index is 0.0139. The highest BCUT2D eigenvalue weighted by Gasteiger charge is 2.33. The Morgan fingerprint density at radius 1 is 1.39 bits per heavy atom. The zero-order valence-corrected chi connectivity index (χ0v) is 12.2. The summed E-state index contributed by atoms with van der Waals surface area (Å²) in [6.07, 6.45) is 3.94. The van der Waals surface area contributed by atoms with E-state index in [-0.39, 0.29) is 16.7 Å². The Balaban J connectivity index is 3.25. The number of rotatable bonds is 4. The van der Waals surface area contributed by atoms with E-state index in [1.165, 1.54) is 16.7 Å². The van der Waals surface area contributed by atoms with Crippen LogP contribution in [0.4, 0.5) is 0 Å². The van der Waals surface area contributed by atoms with Gasteiger partial charge in [-0.05, 0) is 32.4 Å². The average molecular weight is 290 g/mol. The monoisotopic (exact) mass is 289 g/mol.